The molecule has 0 radical (unpaired) electrons. The van der Waals surface area contributed by atoms with Crippen LogP contribution in [0.25, 0.3) is 0 Å². The van der Waals surface area contributed by atoms with Gasteiger partial charge in [-0.3, -0.25) is 0 Å². The second kappa shape index (κ2) is 5.66. The molecule has 2 atom stereocenters. The minimum absolute atomic E-state index is 0.105. The van der Waals surface area contributed by atoms with Crippen LogP contribution in [0.2, 0.25) is 0 Å². The Balaban J connectivity index is 2.36. The standard InChI is InChI=1S/C14H23N5O/c1-9-7-19(8-12(9)18(3)4)14-11(13(15)17-20)6-5-10(2)16-14/h5-6,9,12,20H,7-8H2,1-4H3,(H2,15,17). The number of nitrogens with two attached hydrogens (primary N) is 1. The molecular formula is C14H23N5O. The van der Waals surface area contributed by atoms with E-state index in [9.17, 15) is 0 Å². The smallest absolute Gasteiger partial charge is 0.173 e. The lowest BCUT2D eigenvalue weighted by Gasteiger charge is -2.23. The second-order valence-electron chi connectivity index (χ2n) is 5.72. The summed E-state index contributed by atoms with van der Waals surface area (Å²) < 4.78 is 0. The molecular weight excluding hydrogens is 254 g/mol. The summed E-state index contributed by atoms with van der Waals surface area (Å²) in [6.07, 6.45) is 0. The van der Waals surface area contributed by atoms with Gasteiger partial charge in [-0.2, -0.15) is 0 Å². The highest BCUT2D eigenvalue weighted by Gasteiger charge is 2.33. The average Bonchev–Trinajstić information content (AvgIpc) is 2.80. The molecule has 2 unspecified atom stereocenters. The van der Waals surface area contributed by atoms with Gasteiger partial charge < -0.3 is 20.7 Å². The average molecular weight is 277 g/mol. The van der Waals surface area contributed by atoms with E-state index in [0.717, 1.165) is 24.6 Å². The number of rotatable bonds is 3. The van der Waals surface area contributed by atoms with Gasteiger partial charge in [-0.05, 0) is 39.1 Å². The van der Waals surface area contributed by atoms with E-state index in [2.05, 4.69) is 41.0 Å². The maximum absolute atomic E-state index is 8.93. The van der Waals surface area contributed by atoms with Crippen LogP contribution >= 0.6 is 0 Å². The van der Waals surface area contributed by atoms with Gasteiger partial charge >= 0.3 is 0 Å². The van der Waals surface area contributed by atoms with Gasteiger partial charge in [-0.1, -0.05) is 12.1 Å². The largest absolute Gasteiger partial charge is 0.409 e. The highest BCUT2D eigenvalue weighted by Crippen LogP contribution is 2.27. The van der Waals surface area contributed by atoms with Crippen LogP contribution in [-0.4, -0.2) is 54.2 Å². The van der Waals surface area contributed by atoms with Crippen LogP contribution < -0.4 is 10.6 Å². The zero-order valence-electron chi connectivity index (χ0n) is 12.5. The van der Waals surface area contributed by atoms with Crippen molar-refractivity contribution in [3.05, 3.63) is 23.4 Å². The maximum atomic E-state index is 8.93. The SMILES string of the molecule is Cc1ccc(/C(N)=N/O)c(N2CC(C)C(N(C)C)C2)n1. The zero-order chi connectivity index (χ0) is 14.9. The Hall–Kier alpha value is -1.82. The van der Waals surface area contributed by atoms with Crippen molar-refractivity contribution in [3.8, 4) is 0 Å². The van der Waals surface area contributed by atoms with Crippen molar-refractivity contribution >= 4 is 11.7 Å². The van der Waals surface area contributed by atoms with Crippen molar-refractivity contribution in [1.29, 1.82) is 0 Å². The first kappa shape index (κ1) is 14.6. The van der Waals surface area contributed by atoms with Crippen molar-refractivity contribution in [1.82, 2.24) is 9.88 Å². The third kappa shape index (κ3) is 2.70. The van der Waals surface area contributed by atoms with Crippen LogP contribution in [0.1, 0.15) is 18.2 Å². The van der Waals surface area contributed by atoms with E-state index in [-0.39, 0.29) is 5.84 Å². The molecule has 3 N–H and O–H groups in total. The molecule has 0 amide bonds. The van der Waals surface area contributed by atoms with Crippen molar-refractivity contribution in [2.24, 2.45) is 16.8 Å². The number of anilines is 1. The summed E-state index contributed by atoms with van der Waals surface area (Å²) in [5.41, 5.74) is 7.38. The van der Waals surface area contributed by atoms with Crippen LogP contribution in [0.4, 0.5) is 5.82 Å². The summed E-state index contributed by atoms with van der Waals surface area (Å²) in [6, 6.07) is 4.22. The van der Waals surface area contributed by atoms with E-state index in [1.54, 1.807) is 0 Å². The highest BCUT2D eigenvalue weighted by atomic mass is 16.4. The fourth-order valence-electron chi connectivity index (χ4n) is 2.83. The number of aromatic nitrogens is 1. The maximum Gasteiger partial charge on any atom is 0.173 e. The molecule has 0 spiro atoms. The van der Waals surface area contributed by atoms with Crippen molar-refractivity contribution in [2.45, 2.75) is 19.9 Å². The van der Waals surface area contributed by atoms with Gasteiger partial charge in [0.15, 0.2) is 5.84 Å². The number of hydrogen-bond donors (Lipinski definition) is 2. The Labute approximate surface area is 119 Å². The number of aryl methyl sites for hydroxylation is 1. The molecule has 1 fully saturated rings. The van der Waals surface area contributed by atoms with Gasteiger partial charge in [0.05, 0.1) is 5.56 Å². The Bertz CT molecular complexity index is 514. The molecule has 1 saturated heterocycles. The van der Waals surface area contributed by atoms with Crippen LogP contribution in [0.3, 0.4) is 0 Å². The minimum Gasteiger partial charge on any atom is -0.409 e. The molecule has 110 valence electrons. The number of likely N-dealkylation sites (N-methyl/N-ethyl adjacent to an activating group) is 1. The number of oxime groups is 1. The molecule has 1 aliphatic heterocycles. The topological polar surface area (TPSA) is 78.0 Å². The molecule has 1 aromatic rings. The van der Waals surface area contributed by atoms with E-state index in [1.807, 2.05) is 19.1 Å². The minimum atomic E-state index is 0.105. The molecule has 1 aliphatic rings. The van der Waals surface area contributed by atoms with Crippen LogP contribution in [0.15, 0.2) is 17.3 Å². The first-order valence-electron chi connectivity index (χ1n) is 6.81. The first-order valence-corrected chi connectivity index (χ1v) is 6.81. The van der Waals surface area contributed by atoms with Crippen LogP contribution in [-0.2, 0) is 0 Å². The number of amidine groups is 1. The fraction of sp³-hybridized carbons (Fsp3) is 0.571. The summed E-state index contributed by atoms with van der Waals surface area (Å²) in [4.78, 5) is 9.05. The predicted octanol–water partition coefficient (Wildman–Crippen LogP) is 0.871. The predicted molar refractivity (Wildman–Crippen MR) is 80.3 cm³/mol. The van der Waals surface area contributed by atoms with Gasteiger partial charge in [0.25, 0.3) is 0 Å². The molecule has 2 rings (SSSR count). The summed E-state index contributed by atoms with van der Waals surface area (Å²) in [6.45, 7) is 6.01. The molecule has 0 aliphatic carbocycles. The third-order valence-corrected chi connectivity index (χ3v) is 3.93. The molecule has 1 aromatic heterocycles. The Morgan fingerprint density at radius 2 is 2.15 bits per heavy atom. The molecule has 2 heterocycles. The van der Waals surface area contributed by atoms with Crippen molar-refractivity contribution in [2.75, 3.05) is 32.1 Å². The molecule has 0 saturated carbocycles. The molecule has 0 bridgehead atoms. The van der Waals surface area contributed by atoms with E-state index in [4.69, 9.17) is 10.9 Å². The van der Waals surface area contributed by atoms with E-state index >= 15 is 0 Å². The van der Waals surface area contributed by atoms with Gasteiger partial charge in [-0.25, -0.2) is 4.98 Å². The molecule has 6 heteroatoms. The summed E-state index contributed by atoms with van der Waals surface area (Å²) in [5.74, 6) is 1.46. The van der Waals surface area contributed by atoms with Gasteiger partial charge in [0.2, 0.25) is 0 Å². The van der Waals surface area contributed by atoms with Gasteiger partial charge in [-0.15, -0.1) is 0 Å². The van der Waals surface area contributed by atoms with E-state index < -0.39 is 0 Å². The lowest BCUT2D eigenvalue weighted by Crippen LogP contribution is -2.34. The Morgan fingerprint density at radius 1 is 1.45 bits per heavy atom. The molecule has 20 heavy (non-hydrogen) atoms. The summed E-state index contributed by atoms with van der Waals surface area (Å²) in [7, 11) is 4.19. The molecule has 0 aromatic carbocycles. The van der Waals surface area contributed by atoms with Gasteiger partial charge in [0.1, 0.15) is 5.82 Å². The number of nitrogens with zero attached hydrogens (tertiary/aromatic N) is 4. The first-order chi connectivity index (χ1) is 9.43. The quantitative estimate of drug-likeness (QED) is 0.371. The normalized spacial score (nSPS) is 23.6. The monoisotopic (exact) mass is 277 g/mol. The zero-order valence-corrected chi connectivity index (χ0v) is 12.5. The second-order valence-corrected chi connectivity index (χ2v) is 5.72. The van der Waals surface area contributed by atoms with Crippen molar-refractivity contribution < 1.29 is 5.21 Å². The fourth-order valence-corrected chi connectivity index (χ4v) is 2.83. The Morgan fingerprint density at radius 3 is 2.70 bits per heavy atom. The summed E-state index contributed by atoms with van der Waals surface area (Å²) >= 11 is 0. The number of hydrogen-bond acceptors (Lipinski definition) is 5. The van der Waals surface area contributed by atoms with Crippen LogP contribution in [0, 0.1) is 12.8 Å². The van der Waals surface area contributed by atoms with Crippen LogP contribution in [0.5, 0.6) is 0 Å². The lowest BCUT2D eigenvalue weighted by atomic mass is 10.1. The van der Waals surface area contributed by atoms with Crippen molar-refractivity contribution in [3.63, 3.8) is 0 Å². The third-order valence-electron chi connectivity index (χ3n) is 3.93. The lowest BCUT2D eigenvalue weighted by molar-refractivity contribution is 0.266. The Kier molecular flexibility index (Phi) is 4.13. The van der Waals surface area contributed by atoms with E-state index in [1.165, 1.54) is 0 Å². The summed E-state index contributed by atoms with van der Waals surface area (Å²) in [5, 5.41) is 12.0. The highest BCUT2D eigenvalue weighted by molar-refractivity contribution is 6.01. The molecule has 6 nitrogen and oxygen atoms in total. The van der Waals surface area contributed by atoms with Gasteiger partial charge in [0, 0.05) is 24.8 Å². The number of pyridine rings is 1. The van der Waals surface area contributed by atoms with E-state index in [0.29, 0.717) is 17.5 Å².